The van der Waals surface area contributed by atoms with Crippen LogP contribution in [-0.2, 0) is 26.8 Å². The number of aryl methyl sites for hydroxylation is 1. The predicted molar refractivity (Wildman–Crippen MR) is 149 cm³/mol. The van der Waals surface area contributed by atoms with Gasteiger partial charge in [-0.1, -0.05) is 61.4 Å². The summed E-state index contributed by atoms with van der Waals surface area (Å²) in [5.74, 6) is 0.947. The quantitative estimate of drug-likeness (QED) is 0.243. The Hall–Kier alpha value is -2.83. The largest absolute Gasteiger partial charge is 0.299 e. The molecule has 37 heavy (non-hydrogen) atoms. The van der Waals surface area contributed by atoms with E-state index in [0.29, 0.717) is 22.2 Å². The Kier molecular flexibility index (Phi) is 6.49. The number of hydrogen-bond acceptors (Lipinski definition) is 5. The van der Waals surface area contributed by atoms with Crippen LogP contribution in [0.15, 0.2) is 71.8 Å². The number of fused-ring (bicyclic) bond motifs is 1. The molecule has 3 aromatic carbocycles. The standard InChI is InChI=1S/C31H31NO3S2/c1-20-5-4-8-22-10-9-21(15-26(20)22)16-29(33)28-17-27(28)23-11-13-25(14-12-23)37(34,35)19-31-32-18-30(36-31)24-6-2-3-7-24/h4-5,8-15,18,24,27-28H,2-3,6-7,16-17,19H2,1H3/t27-,28+/m0/s1. The van der Waals surface area contributed by atoms with Gasteiger partial charge in [-0.15, -0.1) is 11.3 Å². The maximum absolute atomic E-state index is 13.0. The van der Waals surface area contributed by atoms with Crippen LogP contribution in [0, 0.1) is 12.8 Å². The van der Waals surface area contributed by atoms with Gasteiger partial charge < -0.3 is 0 Å². The molecule has 2 atom stereocenters. The lowest BCUT2D eigenvalue weighted by Gasteiger charge is -2.07. The van der Waals surface area contributed by atoms with Crippen molar-refractivity contribution in [1.29, 1.82) is 0 Å². The van der Waals surface area contributed by atoms with E-state index in [2.05, 4.69) is 48.3 Å². The van der Waals surface area contributed by atoms with Gasteiger partial charge in [-0.05, 0) is 77.6 Å². The molecule has 6 rings (SSSR count). The van der Waals surface area contributed by atoms with Crippen molar-refractivity contribution in [2.75, 3.05) is 0 Å². The molecule has 2 aliphatic rings. The number of rotatable bonds is 8. The number of aromatic nitrogens is 1. The third kappa shape index (κ3) is 5.14. The van der Waals surface area contributed by atoms with Gasteiger partial charge in [0.05, 0.1) is 4.90 Å². The van der Waals surface area contributed by atoms with Crippen molar-refractivity contribution in [3.05, 3.63) is 93.4 Å². The number of benzene rings is 3. The first-order valence-electron chi connectivity index (χ1n) is 13.2. The zero-order valence-electron chi connectivity index (χ0n) is 21.0. The topological polar surface area (TPSA) is 64.1 Å². The smallest absolute Gasteiger partial charge is 0.184 e. The first-order valence-corrected chi connectivity index (χ1v) is 15.6. The summed E-state index contributed by atoms with van der Waals surface area (Å²) in [6.07, 6.45) is 8.01. The zero-order valence-corrected chi connectivity index (χ0v) is 22.7. The van der Waals surface area contributed by atoms with Crippen molar-refractivity contribution in [1.82, 2.24) is 4.98 Å². The molecule has 190 valence electrons. The molecule has 2 saturated carbocycles. The third-order valence-electron chi connectivity index (χ3n) is 8.06. The van der Waals surface area contributed by atoms with E-state index in [4.69, 9.17) is 0 Å². The second kappa shape index (κ2) is 9.80. The van der Waals surface area contributed by atoms with Crippen LogP contribution in [0.5, 0.6) is 0 Å². The SMILES string of the molecule is Cc1cccc2ccc(CC(=O)[C@@H]3C[C@H]3c3ccc(S(=O)(=O)Cc4ncc(C5CCCC5)s4)cc3)cc12. The lowest BCUT2D eigenvalue weighted by Crippen LogP contribution is -2.07. The summed E-state index contributed by atoms with van der Waals surface area (Å²) in [6, 6.07) is 19.7. The minimum atomic E-state index is -3.46. The lowest BCUT2D eigenvalue weighted by atomic mass is 9.98. The van der Waals surface area contributed by atoms with Gasteiger partial charge >= 0.3 is 0 Å². The summed E-state index contributed by atoms with van der Waals surface area (Å²) in [5, 5.41) is 3.06. The van der Waals surface area contributed by atoms with Gasteiger partial charge in [-0.25, -0.2) is 13.4 Å². The fourth-order valence-electron chi connectivity index (χ4n) is 5.80. The van der Waals surface area contributed by atoms with Gasteiger partial charge in [0.15, 0.2) is 9.84 Å². The molecule has 0 aliphatic heterocycles. The number of thiazole rings is 1. The Morgan fingerprint density at radius 1 is 1.03 bits per heavy atom. The van der Waals surface area contributed by atoms with Crippen LogP contribution in [0.3, 0.4) is 0 Å². The van der Waals surface area contributed by atoms with Gasteiger partial charge in [0.25, 0.3) is 0 Å². The Morgan fingerprint density at radius 2 is 1.81 bits per heavy atom. The molecule has 0 saturated heterocycles. The Balaban J connectivity index is 1.09. The molecule has 1 heterocycles. The molecule has 4 nitrogen and oxygen atoms in total. The zero-order chi connectivity index (χ0) is 25.6. The molecule has 0 bridgehead atoms. The molecule has 2 aliphatic carbocycles. The normalized spacial score (nSPS) is 19.9. The highest BCUT2D eigenvalue weighted by molar-refractivity contribution is 7.90. The van der Waals surface area contributed by atoms with Crippen molar-refractivity contribution in [3.8, 4) is 0 Å². The molecule has 1 aromatic heterocycles. The van der Waals surface area contributed by atoms with Gasteiger partial charge in [0.2, 0.25) is 0 Å². The number of nitrogens with zero attached hydrogens (tertiary/aromatic N) is 1. The fraction of sp³-hybridized carbons (Fsp3) is 0.355. The van der Waals surface area contributed by atoms with Crippen LogP contribution >= 0.6 is 11.3 Å². The number of Topliss-reactive ketones (excluding diaryl/α,β-unsaturated/α-hetero) is 1. The highest BCUT2D eigenvalue weighted by Gasteiger charge is 2.43. The molecule has 0 amide bonds. The van der Waals surface area contributed by atoms with Crippen molar-refractivity contribution in [2.45, 2.75) is 67.9 Å². The van der Waals surface area contributed by atoms with E-state index in [-0.39, 0.29) is 23.4 Å². The van der Waals surface area contributed by atoms with E-state index in [1.165, 1.54) is 46.9 Å². The Morgan fingerprint density at radius 3 is 2.59 bits per heavy atom. The number of ketones is 1. The molecular weight excluding hydrogens is 498 g/mol. The van der Waals surface area contributed by atoms with Crippen LogP contribution in [-0.4, -0.2) is 19.2 Å². The van der Waals surface area contributed by atoms with E-state index < -0.39 is 9.84 Å². The minimum Gasteiger partial charge on any atom is -0.299 e. The first kappa shape index (κ1) is 24.5. The van der Waals surface area contributed by atoms with Gasteiger partial charge in [0.1, 0.15) is 16.5 Å². The van der Waals surface area contributed by atoms with Crippen molar-refractivity contribution < 1.29 is 13.2 Å². The highest BCUT2D eigenvalue weighted by Crippen LogP contribution is 2.48. The molecule has 6 heteroatoms. The summed E-state index contributed by atoms with van der Waals surface area (Å²) < 4.78 is 26.1. The van der Waals surface area contributed by atoms with E-state index in [1.807, 2.05) is 18.3 Å². The summed E-state index contributed by atoms with van der Waals surface area (Å²) in [7, 11) is -3.46. The summed E-state index contributed by atoms with van der Waals surface area (Å²) in [6.45, 7) is 2.10. The molecule has 0 N–H and O–H groups in total. The number of carbonyl (C=O) groups excluding carboxylic acids is 1. The number of sulfone groups is 1. The molecule has 0 radical (unpaired) electrons. The first-order chi connectivity index (χ1) is 17.9. The minimum absolute atomic E-state index is 0.0133. The molecule has 0 spiro atoms. The summed E-state index contributed by atoms with van der Waals surface area (Å²) in [5.41, 5.74) is 3.32. The number of hydrogen-bond donors (Lipinski definition) is 0. The third-order valence-corrected chi connectivity index (χ3v) is 11.0. The number of carbonyl (C=O) groups is 1. The van der Waals surface area contributed by atoms with Crippen LogP contribution in [0.2, 0.25) is 0 Å². The second-order valence-electron chi connectivity index (χ2n) is 10.7. The average Bonchev–Trinajstić information content (AvgIpc) is 3.26. The Bertz CT molecular complexity index is 1560. The molecule has 0 unspecified atom stereocenters. The second-order valence-corrected chi connectivity index (χ2v) is 13.8. The highest BCUT2D eigenvalue weighted by atomic mass is 32.2. The maximum Gasteiger partial charge on any atom is 0.184 e. The van der Waals surface area contributed by atoms with E-state index in [0.717, 1.165) is 17.5 Å². The van der Waals surface area contributed by atoms with E-state index in [1.54, 1.807) is 23.5 Å². The van der Waals surface area contributed by atoms with Crippen molar-refractivity contribution in [2.24, 2.45) is 5.92 Å². The van der Waals surface area contributed by atoms with Crippen LogP contribution in [0.4, 0.5) is 0 Å². The van der Waals surface area contributed by atoms with E-state index in [9.17, 15) is 13.2 Å². The molecule has 4 aromatic rings. The molecule has 2 fully saturated rings. The van der Waals surface area contributed by atoms with Gasteiger partial charge in [0, 0.05) is 23.4 Å². The van der Waals surface area contributed by atoms with Crippen LogP contribution in [0.25, 0.3) is 10.8 Å². The van der Waals surface area contributed by atoms with Gasteiger partial charge in [-0.3, -0.25) is 4.79 Å². The van der Waals surface area contributed by atoms with E-state index >= 15 is 0 Å². The van der Waals surface area contributed by atoms with Crippen LogP contribution < -0.4 is 0 Å². The predicted octanol–water partition coefficient (Wildman–Crippen LogP) is 7.15. The monoisotopic (exact) mass is 529 g/mol. The summed E-state index contributed by atoms with van der Waals surface area (Å²) >= 11 is 1.55. The average molecular weight is 530 g/mol. The van der Waals surface area contributed by atoms with Gasteiger partial charge in [-0.2, -0.15) is 0 Å². The Labute approximate surface area is 222 Å². The summed E-state index contributed by atoms with van der Waals surface area (Å²) in [4.78, 5) is 19.0. The molecular formula is C31H31NO3S2. The van der Waals surface area contributed by atoms with Crippen LogP contribution in [0.1, 0.15) is 70.5 Å². The van der Waals surface area contributed by atoms with Crippen molar-refractivity contribution >= 4 is 37.7 Å². The van der Waals surface area contributed by atoms with Crippen molar-refractivity contribution in [3.63, 3.8) is 0 Å². The lowest BCUT2D eigenvalue weighted by molar-refractivity contribution is -0.119. The fourth-order valence-corrected chi connectivity index (χ4v) is 8.50. The maximum atomic E-state index is 13.0.